The monoisotopic (exact) mass is 332 g/mol. The fourth-order valence-electron chi connectivity index (χ4n) is 2.18. The van der Waals surface area contributed by atoms with E-state index in [1.807, 2.05) is 26.0 Å². The second-order valence-electron chi connectivity index (χ2n) is 6.04. The molecule has 0 heterocycles. The van der Waals surface area contributed by atoms with Gasteiger partial charge in [-0.3, -0.25) is 0 Å². The molecular formula is C19H24O3S. The predicted molar refractivity (Wildman–Crippen MR) is 92.8 cm³/mol. The Morgan fingerprint density at radius 1 is 0.870 bits per heavy atom. The molecule has 0 amide bonds. The van der Waals surface area contributed by atoms with Gasteiger partial charge in [0.2, 0.25) is 9.84 Å². The quantitative estimate of drug-likeness (QED) is 0.761. The van der Waals surface area contributed by atoms with E-state index in [-0.39, 0.29) is 11.0 Å². The summed E-state index contributed by atoms with van der Waals surface area (Å²) in [7, 11) is -3.49. The SMILES string of the molecule is CCC(C)Oc1ccc(S(=O)(=O)c2ccc(C(C)C)cc2)cc1. The van der Waals surface area contributed by atoms with Gasteiger partial charge < -0.3 is 4.74 Å². The average Bonchev–Trinajstić information content (AvgIpc) is 2.55. The Bertz CT molecular complexity index is 729. The van der Waals surface area contributed by atoms with Crippen molar-refractivity contribution in [1.82, 2.24) is 0 Å². The summed E-state index contributed by atoms with van der Waals surface area (Å²) in [6.07, 6.45) is 1.02. The summed E-state index contributed by atoms with van der Waals surface area (Å²) in [6, 6.07) is 13.7. The highest BCUT2D eigenvalue weighted by atomic mass is 32.2. The summed E-state index contributed by atoms with van der Waals surface area (Å²) >= 11 is 0. The average molecular weight is 332 g/mol. The molecule has 1 unspecified atom stereocenters. The molecule has 0 saturated carbocycles. The van der Waals surface area contributed by atoms with Crippen molar-refractivity contribution in [3.05, 3.63) is 54.1 Å². The molecule has 0 aliphatic carbocycles. The minimum Gasteiger partial charge on any atom is -0.491 e. The zero-order valence-electron chi connectivity index (χ0n) is 14.1. The van der Waals surface area contributed by atoms with Crippen LogP contribution in [0.25, 0.3) is 0 Å². The molecule has 0 spiro atoms. The fraction of sp³-hybridized carbons (Fsp3) is 0.368. The fourth-order valence-corrected chi connectivity index (χ4v) is 3.44. The summed E-state index contributed by atoms with van der Waals surface area (Å²) in [6.45, 7) is 8.20. The van der Waals surface area contributed by atoms with Crippen LogP contribution in [-0.2, 0) is 9.84 Å². The Hall–Kier alpha value is -1.81. The Labute approximate surface area is 139 Å². The molecular weight excluding hydrogens is 308 g/mol. The summed E-state index contributed by atoms with van der Waals surface area (Å²) in [5, 5.41) is 0. The minimum atomic E-state index is -3.49. The molecule has 3 nitrogen and oxygen atoms in total. The second-order valence-corrected chi connectivity index (χ2v) is 7.98. The Morgan fingerprint density at radius 2 is 1.35 bits per heavy atom. The maximum atomic E-state index is 12.7. The second kappa shape index (κ2) is 7.18. The lowest BCUT2D eigenvalue weighted by molar-refractivity contribution is 0.217. The van der Waals surface area contributed by atoms with E-state index in [0.717, 1.165) is 12.0 Å². The van der Waals surface area contributed by atoms with Gasteiger partial charge in [0.05, 0.1) is 15.9 Å². The molecule has 0 radical (unpaired) electrons. The first-order chi connectivity index (χ1) is 10.8. The van der Waals surface area contributed by atoms with E-state index in [1.54, 1.807) is 36.4 Å². The van der Waals surface area contributed by atoms with Crippen LogP contribution in [0.1, 0.15) is 45.6 Å². The summed E-state index contributed by atoms with van der Waals surface area (Å²) in [4.78, 5) is 0.601. The van der Waals surface area contributed by atoms with Crippen molar-refractivity contribution in [2.24, 2.45) is 0 Å². The third-order valence-corrected chi connectivity index (χ3v) is 5.69. The van der Waals surface area contributed by atoms with Crippen LogP contribution in [-0.4, -0.2) is 14.5 Å². The molecule has 23 heavy (non-hydrogen) atoms. The Morgan fingerprint density at radius 3 is 1.78 bits per heavy atom. The topological polar surface area (TPSA) is 43.4 Å². The van der Waals surface area contributed by atoms with E-state index >= 15 is 0 Å². The van der Waals surface area contributed by atoms with Crippen LogP contribution in [0.4, 0.5) is 0 Å². The van der Waals surface area contributed by atoms with E-state index in [1.165, 1.54) is 0 Å². The molecule has 2 rings (SSSR count). The van der Waals surface area contributed by atoms with Crippen LogP contribution in [0, 0.1) is 0 Å². The van der Waals surface area contributed by atoms with Gasteiger partial charge in [-0.05, 0) is 61.2 Å². The standard InChI is InChI=1S/C19H24O3S/c1-5-15(4)22-17-8-12-19(13-9-17)23(20,21)18-10-6-16(7-11-18)14(2)3/h6-15H,5H2,1-4H3. The Balaban J connectivity index is 2.25. The highest BCUT2D eigenvalue weighted by molar-refractivity contribution is 7.91. The normalized spacial score (nSPS) is 13.1. The van der Waals surface area contributed by atoms with Gasteiger partial charge >= 0.3 is 0 Å². The lowest BCUT2D eigenvalue weighted by atomic mass is 10.0. The third-order valence-electron chi connectivity index (χ3n) is 3.90. The lowest BCUT2D eigenvalue weighted by Crippen LogP contribution is -2.09. The summed E-state index contributed by atoms with van der Waals surface area (Å²) in [5.74, 6) is 1.07. The maximum absolute atomic E-state index is 12.7. The molecule has 0 bridgehead atoms. The van der Waals surface area contributed by atoms with Gasteiger partial charge in [-0.25, -0.2) is 8.42 Å². The Kier molecular flexibility index (Phi) is 5.47. The zero-order chi connectivity index (χ0) is 17.0. The van der Waals surface area contributed by atoms with Crippen molar-refractivity contribution in [2.45, 2.75) is 55.9 Å². The van der Waals surface area contributed by atoms with Crippen LogP contribution in [0.2, 0.25) is 0 Å². The van der Waals surface area contributed by atoms with Crippen molar-refractivity contribution < 1.29 is 13.2 Å². The first kappa shape index (κ1) is 17.5. The van der Waals surface area contributed by atoms with E-state index < -0.39 is 9.84 Å². The van der Waals surface area contributed by atoms with Crippen LogP contribution < -0.4 is 4.74 Å². The highest BCUT2D eigenvalue weighted by Gasteiger charge is 2.18. The molecule has 2 aromatic carbocycles. The van der Waals surface area contributed by atoms with Gasteiger partial charge in [0, 0.05) is 0 Å². The van der Waals surface area contributed by atoms with E-state index in [0.29, 0.717) is 16.6 Å². The number of hydrogen-bond acceptors (Lipinski definition) is 3. The molecule has 1 atom stereocenters. The van der Waals surface area contributed by atoms with Gasteiger partial charge in [0.25, 0.3) is 0 Å². The van der Waals surface area contributed by atoms with Crippen molar-refractivity contribution in [1.29, 1.82) is 0 Å². The van der Waals surface area contributed by atoms with Gasteiger partial charge in [0.1, 0.15) is 5.75 Å². The molecule has 0 aromatic heterocycles. The van der Waals surface area contributed by atoms with Crippen molar-refractivity contribution in [3.8, 4) is 5.75 Å². The molecule has 0 aliphatic heterocycles. The van der Waals surface area contributed by atoms with Gasteiger partial charge in [-0.2, -0.15) is 0 Å². The smallest absolute Gasteiger partial charge is 0.206 e. The molecule has 0 saturated heterocycles. The maximum Gasteiger partial charge on any atom is 0.206 e. The number of sulfone groups is 1. The van der Waals surface area contributed by atoms with E-state index in [4.69, 9.17) is 4.74 Å². The number of hydrogen-bond donors (Lipinski definition) is 0. The molecule has 0 aliphatic rings. The third kappa shape index (κ3) is 4.14. The van der Waals surface area contributed by atoms with Crippen molar-refractivity contribution in [3.63, 3.8) is 0 Å². The summed E-state index contributed by atoms with van der Waals surface area (Å²) in [5.41, 5.74) is 1.13. The highest BCUT2D eigenvalue weighted by Crippen LogP contribution is 2.25. The van der Waals surface area contributed by atoms with Gasteiger partial charge in [-0.15, -0.1) is 0 Å². The molecule has 124 valence electrons. The molecule has 0 N–H and O–H groups in total. The molecule has 4 heteroatoms. The van der Waals surface area contributed by atoms with Crippen molar-refractivity contribution in [2.75, 3.05) is 0 Å². The van der Waals surface area contributed by atoms with Crippen LogP contribution in [0.5, 0.6) is 5.75 Å². The largest absolute Gasteiger partial charge is 0.491 e. The van der Waals surface area contributed by atoms with E-state index in [2.05, 4.69) is 13.8 Å². The zero-order valence-corrected chi connectivity index (χ0v) is 14.9. The van der Waals surface area contributed by atoms with Crippen LogP contribution >= 0.6 is 0 Å². The first-order valence-corrected chi connectivity index (χ1v) is 9.44. The summed E-state index contributed by atoms with van der Waals surface area (Å²) < 4.78 is 31.0. The van der Waals surface area contributed by atoms with Gasteiger partial charge in [-0.1, -0.05) is 32.9 Å². The lowest BCUT2D eigenvalue weighted by Gasteiger charge is -2.13. The number of benzene rings is 2. The number of ether oxygens (including phenoxy) is 1. The molecule has 2 aromatic rings. The number of rotatable bonds is 6. The minimum absolute atomic E-state index is 0.112. The van der Waals surface area contributed by atoms with Crippen LogP contribution in [0.3, 0.4) is 0 Å². The van der Waals surface area contributed by atoms with Crippen LogP contribution in [0.15, 0.2) is 58.3 Å². The van der Waals surface area contributed by atoms with Crippen molar-refractivity contribution >= 4 is 9.84 Å². The first-order valence-electron chi connectivity index (χ1n) is 7.96. The molecule has 0 fully saturated rings. The van der Waals surface area contributed by atoms with Gasteiger partial charge in [0.15, 0.2) is 0 Å². The van der Waals surface area contributed by atoms with E-state index in [9.17, 15) is 8.42 Å². The predicted octanol–water partition coefficient (Wildman–Crippen LogP) is 4.82.